The minimum atomic E-state index is -0.371. The lowest BCUT2D eigenvalue weighted by atomic mass is 9.76. The van der Waals surface area contributed by atoms with E-state index in [1.165, 1.54) is 27.8 Å². The zero-order valence-corrected chi connectivity index (χ0v) is 26.5. The quantitative estimate of drug-likeness (QED) is 0.148. The minimum absolute atomic E-state index is 0.263. The van der Waals surface area contributed by atoms with Crippen molar-refractivity contribution in [3.05, 3.63) is 143 Å². The molecule has 0 aromatic heterocycles. The molecule has 5 aromatic rings. The average molecular weight is 581 g/mol. The van der Waals surface area contributed by atoms with E-state index in [2.05, 4.69) is 114 Å². The van der Waals surface area contributed by atoms with E-state index in [1.54, 1.807) is 12.1 Å². The van der Waals surface area contributed by atoms with Gasteiger partial charge in [-0.05, 0) is 91.4 Å². The standard InChI is InChI=1S/C41H40O3/c1-7-41(6)26-31-23-28(3)15-20-34(31)36-25-33(19-22-38(36)44-41)40(4,5)32-18-21-37(43-39(42)30-11-9-8-10-12-30)35(24-32)29-16-13-27(2)14-17-29/h8-25H,7,26H2,1-6H3. The zero-order chi connectivity index (χ0) is 31.1. The van der Waals surface area contributed by atoms with Crippen LogP contribution in [-0.4, -0.2) is 11.6 Å². The van der Waals surface area contributed by atoms with E-state index in [1.807, 2.05) is 24.3 Å². The molecule has 0 N–H and O–H groups in total. The molecule has 3 nitrogen and oxygen atoms in total. The molecule has 6 rings (SSSR count). The number of benzene rings is 5. The summed E-state index contributed by atoms with van der Waals surface area (Å²) in [5.41, 5.74) is 10.3. The largest absolute Gasteiger partial charge is 0.487 e. The summed E-state index contributed by atoms with van der Waals surface area (Å²) in [6.07, 6.45) is 1.80. The van der Waals surface area contributed by atoms with Gasteiger partial charge in [0.05, 0.1) is 5.56 Å². The maximum Gasteiger partial charge on any atom is 0.343 e. The molecule has 1 aliphatic heterocycles. The van der Waals surface area contributed by atoms with Crippen LogP contribution in [0.15, 0.2) is 109 Å². The first kappa shape index (κ1) is 29.4. The van der Waals surface area contributed by atoms with Crippen molar-refractivity contribution in [2.24, 2.45) is 0 Å². The number of hydrogen-bond donors (Lipinski definition) is 0. The first-order valence-corrected chi connectivity index (χ1v) is 15.5. The Hall–Kier alpha value is -4.63. The molecule has 0 radical (unpaired) electrons. The van der Waals surface area contributed by atoms with Gasteiger partial charge in [0.1, 0.15) is 17.1 Å². The van der Waals surface area contributed by atoms with Crippen molar-refractivity contribution < 1.29 is 14.3 Å². The lowest BCUT2D eigenvalue weighted by molar-refractivity contribution is 0.0735. The van der Waals surface area contributed by atoms with E-state index >= 15 is 0 Å². The Balaban J connectivity index is 1.44. The van der Waals surface area contributed by atoms with Gasteiger partial charge in [0.25, 0.3) is 0 Å². The number of carbonyl (C=O) groups excluding carboxylic acids is 1. The van der Waals surface area contributed by atoms with E-state index in [0.717, 1.165) is 40.8 Å². The summed E-state index contributed by atoms with van der Waals surface area (Å²) >= 11 is 0. The number of ether oxygens (including phenoxy) is 2. The van der Waals surface area contributed by atoms with Crippen molar-refractivity contribution >= 4 is 5.97 Å². The second-order valence-corrected chi connectivity index (χ2v) is 12.9. The minimum Gasteiger partial charge on any atom is -0.487 e. The van der Waals surface area contributed by atoms with Gasteiger partial charge in [0.2, 0.25) is 0 Å². The summed E-state index contributed by atoms with van der Waals surface area (Å²) in [5, 5.41) is 0. The maximum atomic E-state index is 13.1. The summed E-state index contributed by atoms with van der Waals surface area (Å²) in [6.45, 7) is 13.1. The van der Waals surface area contributed by atoms with E-state index in [-0.39, 0.29) is 17.0 Å². The second-order valence-electron chi connectivity index (χ2n) is 12.9. The number of esters is 1. The van der Waals surface area contributed by atoms with Crippen molar-refractivity contribution in [3.63, 3.8) is 0 Å². The molecule has 0 bridgehead atoms. The van der Waals surface area contributed by atoms with Crippen molar-refractivity contribution in [1.82, 2.24) is 0 Å². The van der Waals surface area contributed by atoms with Gasteiger partial charge in [-0.3, -0.25) is 0 Å². The summed E-state index contributed by atoms with van der Waals surface area (Å²) < 4.78 is 12.7. The fourth-order valence-electron chi connectivity index (χ4n) is 6.12. The molecular weight excluding hydrogens is 540 g/mol. The average Bonchev–Trinajstić information content (AvgIpc) is 3.14. The van der Waals surface area contributed by atoms with E-state index < -0.39 is 0 Å². The fraction of sp³-hybridized carbons (Fsp3) is 0.244. The van der Waals surface area contributed by atoms with E-state index in [0.29, 0.717) is 11.3 Å². The van der Waals surface area contributed by atoms with Crippen LogP contribution in [0.1, 0.15) is 72.3 Å². The van der Waals surface area contributed by atoms with Gasteiger partial charge in [-0.2, -0.15) is 0 Å². The molecule has 1 aliphatic rings. The van der Waals surface area contributed by atoms with Crippen LogP contribution in [0, 0.1) is 13.8 Å². The molecule has 0 fully saturated rings. The third-order valence-electron chi connectivity index (χ3n) is 9.20. The van der Waals surface area contributed by atoms with Crippen LogP contribution >= 0.6 is 0 Å². The monoisotopic (exact) mass is 580 g/mol. The highest BCUT2D eigenvalue weighted by Gasteiger charge is 2.33. The van der Waals surface area contributed by atoms with Crippen LogP contribution < -0.4 is 9.47 Å². The number of hydrogen-bond acceptors (Lipinski definition) is 3. The maximum absolute atomic E-state index is 13.1. The van der Waals surface area contributed by atoms with E-state index in [9.17, 15) is 4.79 Å². The Morgan fingerprint density at radius 3 is 2.14 bits per heavy atom. The molecule has 0 saturated heterocycles. The molecule has 0 amide bonds. The number of aryl methyl sites for hydroxylation is 2. The highest BCUT2D eigenvalue weighted by Crippen LogP contribution is 2.45. The summed E-state index contributed by atoms with van der Waals surface area (Å²) in [7, 11) is 0. The predicted molar refractivity (Wildman–Crippen MR) is 180 cm³/mol. The Morgan fingerprint density at radius 1 is 0.773 bits per heavy atom. The van der Waals surface area contributed by atoms with Gasteiger partial charge in [0, 0.05) is 23.0 Å². The lowest BCUT2D eigenvalue weighted by Crippen LogP contribution is -2.33. The number of carbonyl (C=O) groups is 1. The molecule has 1 heterocycles. The van der Waals surface area contributed by atoms with Crippen LogP contribution in [0.25, 0.3) is 22.3 Å². The molecule has 0 saturated carbocycles. The van der Waals surface area contributed by atoms with Gasteiger partial charge < -0.3 is 9.47 Å². The van der Waals surface area contributed by atoms with Gasteiger partial charge in [-0.1, -0.05) is 105 Å². The van der Waals surface area contributed by atoms with Crippen molar-refractivity contribution in [3.8, 4) is 33.8 Å². The molecule has 0 spiro atoms. The van der Waals surface area contributed by atoms with Crippen LogP contribution in [-0.2, 0) is 11.8 Å². The van der Waals surface area contributed by atoms with Gasteiger partial charge in [-0.15, -0.1) is 0 Å². The first-order valence-electron chi connectivity index (χ1n) is 15.5. The summed E-state index contributed by atoms with van der Waals surface area (Å²) in [5.74, 6) is 1.10. The molecule has 1 atom stereocenters. The molecular formula is C41H40O3. The molecule has 1 unspecified atom stereocenters. The van der Waals surface area contributed by atoms with Crippen molar-refractivity contribution in [1.29, 1.82) is 0 Å². The Labute approximate surface area is 261 Å². The predicted octanol–water partition coefficient (Wildman–Crippen LogP) is 10.3. The highest BCUT2D eigenvalue weighted by molar-refractivity contribution is 5.92. The third-order valence-corrected chi connectivity index (χ3v) is 9.20. The Kier molecular flexibility index (Phi) is 7.67. The topological polar surface area (TPSA) is 35.5 Å². The van der Waals surface area contributed by atoms with Gasteiger partial charge >= 0.3 is 5.97 Å². The third kappa shape index (κ3) is 5.67. The van der Waals surface area contributed by atoms with Crippen molar-refractivity contribution in [2.75, 3.05) is 0 Å². The van der Waals surface area contributed by atoms with Crippen molar-refractivity contribution in [2.45, 2.75) is 65.4 Å². The molecule has 44 heavy (non-hydrogen) atoms. The molecule has 3 heteroatoms. The van der Waals surface area contributed by atoms with E-state index in [4.69, 9.17) is 9.47 Å². The molecule has 5 aromatic carbocycles. The summed E-state index contributed by atoms with van der Waals surface area (Å²) in [4.78, 5) is 13.1. The highest BCUT2D eigenvalue weighted by atomic mass is 16.5. The number of rotatable bonds is 6. The number of fused-ring (bicyclic) bond motifs is 3. The molecule has 0 aliphatic carbocycles. The van der Waals surface area contributed by atoms with Crippen LogP contribution in [0.5, 0.6) is 11.5 Å². The first-order chi connectivity index (χ1) is 21.1. The summed E-state index contributed by atoms with van der Waals surface area (Å²) in [6, 6.07) is 37.1. The SMILES string of the molecule is CCC1(C)Cc2cc(C)ccc2-c2cc(C(C)(C)c3ccc(OC(=O)c4ccccc4)c(-c4ccc(C)cc4)c3)ccc2O1. The second kappa shape index (κ2) is 11.5. The smallest absolute Gasteiger partial charge is 0.343 e. The van der Waals surface area contributed by atoms with Crippen LogP contribution in [0.2, 0.25) is 0 Å². The Morgan fingerprint density at radius 2 is 1.43 bits per heavy atom. The molecule has 222 valence electrons. The van der Waals surface area contributed by atoms with Crippen LogP contribution in [0.4, 0.5) is 0 Å². The normalized spacial score (nSPS) is 15.9. The Bertz CT molecular complexity index is 1830. The lowest BCUT2D eigenvalue weighted by Gasteiger charge is -2.30. The zero-order valence-electron chi connectivity index (χ0n) is 26.5. The van der Waals surface area contributed by atoms with Gasteiger partial charge in [-0.25, -0.2) is 4.79 Å². The fourth-order valence-corrected chi connectivity index (χ4v) is 6.12. The van der Waals surface area contributed by atoms with Gasteiger partial charge in [0.15, 0.2) is 0 Å². The van der Waals surface area contributed by atoms with Crippen LogP contribution in [0.3, 0.4) is 0 Å².